The highest BCUT2D eigenvalue weighted by Crippen LogP contribution is 2.25. The fourth-order valence-corrected chi connectivity index (χ4v) is 4.88. The topological polar surface area (TPSA) is 37.3 Å². The summed E-state index contributed by atoms with van der Waals surface area (Å²) in [6.07, 6.45) is 19.4. The first kappa shape index (κ1) is 27.7. The summed E-state index contributed by atoms with van der Waals surface area (Å²) >= 11 is 0. The minimum atomic E-state index is -0.664. The van der Waals surface area contributed by atoms with Gasteiger partial charge in [-0.2, -0.15) is 0 Å². The molecule has 0 bridgehead atoms. The molecule has 1 aromatic carbocycles. The van der Waals surface area contributed by atoms with E-state index < -0.39 is 5.97 Å². The van der Waals surface area contributed by atoms with Crippen molar-refractivity contribution in [1.29, 1.82) is 0 Å². The molecule has 0 aliphatic rings. The number of quaternary nitrogens is 1. The van der Waals surface area contributed by atoms with E-state index in [-0.39, 0.29) is 12.0 Å². The predicted octanol–water partition coefficient (Wildman–Crippen LogP) is 7.49. The summed E-state index contributed by atoms with van der Waals surface area (Å²) in [5.41, 5.74) is 1.25. The molecule has 0 heterocycles. The van der Waals surface area contributed by atoms with Crippen molar-refractivity contribution in [3.63, 3.8) is 0 Å². The zero-order chi connectivity index (χ0) is 23.0. The molecule has 0 aliphatic heterocycles. The average Bonchev–Trinajstić information content (AvgIpc) is 2.70. The third-order valence-corrected chi connectivity index (χ3v) is 6.55. The van der Waals surface area contributed by atoms with E-state index in [9.17, 15) is 9.90 Å². The van der Waals surface area contributed by atoms with Crippen LogP contribution in [0.2, 0.25) is 0 Å². The molecule has 0 aliphatic carbocycles. The number of carboxylic acid groups (broad SMARTS) is 1. The second kappa shape index (κ2) is 16.3. The zero-order valence-electron chi connectivity index (χ0n) is 21.0. The van der Waals surface area contributed by atoms with Crippen LogP contribution in [0.3, 0.4) is 0 Å². The van der Waals surface area contributed by atoms with E-state index in [1.54, 1.807) is 0 Å². The van der Waals surface area contributed by atoms with Crippen LogP contribution in [0, 0.1) is 5.92 Å². The van der Waals surface area contributed by atoms with Crippen LogP contribution in [0.1, 0.15) is 102 Å². The number of hydrogen-bond donors (Lipinski definition) is 1. The molecule has 0 saturated heterocycles. The molecule has 3 nitrogen and oxygen atoms in total. The lowest BCUT2D eigenvalue weighted by Gasteiger charge is -2.36. The highest BCUT2D eigenvalue weighted by molar-refractivity contribution is 5.72. The van der Waals surface area contributed by atoms with Gasteiger partial charge in [-0.05, 0) is 18.4 Å². The van der Waals surface area contributed by atoms with Crippen LogP contribution in [0.5, 0.6) is 0 Å². The molecule has 0 spiro atoms. The molecule has 2 unspecified atom stereocenters. The molecule has 2 atom stereocenters. The molecule has 1 aromatic rings. The summed E-state index contributed by atoms with van der Waals surface area (Å²) in [7, 11) is 6.04. The number of aliphatic carboxylic acids is 1. The quantitative estimate of drug-likeness (QED) is 0.182. The molecule has 1 rings (SSSR count). The van der Waals surface area contributed by atoms with Gasteiger partial charge in [0.1, 0.15) is 0 Å². The Hall–Kier alpha value is -1.35. The van der Waals surface area contributed by atoms with Crippen LogP contribution < -0.4 is 0 Å². The summed E-state index contributed by atoms with van der Waals surface area (Å²) in [4.78, 5) is 12.1. The summed E-state index contributed by atoms with van der Waals surface area (Å²) in [5.74, 6) is -0.490. The van der Waals surface area contributed by atoms with Gasteiger partial charge in [-0.25, -0.2) is 4.79 Å². The Morgan fingerprint density at radius 1 is 0.774 bits per heavy atom. The molecule has 3 heteroatoms. The first-order valence-electron chi connectivity index (χ1n) is 12.9. The molecular weight excluding hydrogens is 382 g/mol. The Bertz CT molecular complexity index is 564. The van der Waals surface area contributed by atoms with E-state index in [1.165, 1.54) is 82.6 Å². The first-order valence-corrected chi connectivity index (χ1v) is 12.9. The Balaban J connectivity index is 2.31. The monoisotopic (exact) mass is 432 g/mol. The molecule has 0 radical (unpaired) electrons. The van der Waals surface area contributed by atoms with E-state index in [2.05, 4.69) is 31.2 Å². The maximum atomic E-state index is 12.1. The summed E-state index contributed by atoms with van der Waals surface area (Å²) in [6, 6.07) is 10.0. The SMILES string of the molecule is CCCCCCCCCCCCCCCC(Cc1ccccc1)C(C(=O)O)[N+](C)(C)C. The van der Waals surface area contributed by atoms with Gasteiger partial charge < -0.3 is 9.59 Å². The predicted molar refractivity (Wildman–Crippen MR) is 133 cm³/mol. The number of rotatable bonds is 19. The number of benzene rings is 1. The van der Waals surface area contributed by atoms with Crippen LogP contribution in [-0.4, -0.2) is 42.7 Å². The van der Waals surface area contributed by atoms with Gasteiger partial charge in [0.05, 0.1) is 21.1 Å². The van der Waals surface area contributed by atoms with Crippen LogP contribution in [-0.2, 0) is 11.2 Å². The van der Waals surface area contributed by atoms with E-state index in [0.29, 0.717) is 4.48 Å². The van der Waals surface area contributed by atoms with Crippen LogP contribution in [0.25, 0.3) is 0 Å². The molecule has 31 heavy (non-hydrogen) atoms. The number of nitrogens with zero attached hydrogens (tertiary/aromatic N) is 1. The summed E-state index contributed by atoms with van der Waals surface area (Å²) in [5, 5.41) is 9.95. The van der Waals surface area contributed by atoms with Crippen molar-refractivity contribution < 1.29 is 14.4 Å². The molecule has 0 amide bonds. The van der Waals surface area contributed by atoms with Gasteiger partial charge in [0, 0.05) is 5.92 Å². The van der Waals surface area contributed by atoms with Crippen molar-refractivity contribution >= 4 is 5.97 Å². The average molecular weight is 433 g/mol. The van der Waals surface area contributed by atoms with Gasteiger partial charge in [0.25, 0.3) is 0 Å². The third-order valence-electron chi connectivity index (χ3n) is 6.55. The lowest BCUT2D eigenvalue weighted by atomic mass is 9.86. The molecule has 0 saturated carbocycles. The summed E-state index contributed by atoms with van der Waals surface area (Å²) in [6.45, 7) is 2.28. The number of likely N-dealkylation sites (N-methyl/N-ethyl adjacent to an activating group) is 1. The maximum absolute atomic E-state index is 12.1. The third kappa shape index (κ3) is 12.9. The van der Waals surface area contributed by atoms with Gasteiger partial charge in [-0.15, -0.1) is 0 Å². The normalized spacial score (nSPS) is 13.8. The molecular formula is C28H50NO2+. The van der Waals surface area contributed by atoms with Crippen molar-refractivity contribution in [1.82, 2.24) is 0 Å². The highest BCUT2D eigenvalue weighted by Gasteiger charge is 2.38. The van der Waals surface area contributed by atoms with Gasteiger partial charge in [-0.3, -0.25) is 0 Å². The van der Waals surface area contributed by atoms with Crippen molar-refractivity contribution in [3.8, 4) is 0 Å². The Morgan fingerprint density at radius 3 is 1.65 bits per heavy atom. The van der Waals surface area contributed by atoms with E-state index >= 15 is 0 Å². The summed E-state index contributed by atoms with van der Waals surface area (Å²) < 4.78 is 0.477. The lowest BCUT2D eigenvalue weighted by Crippen LogP contribution is -2.54. The van der Waals surface area contributed by atoms with E-state index in [0.717, 1.165) is 19.3 Å². The molecule has 0 fully saturated rings. The fourth-order valence-electron chi connectivity index (χ4n) is 4.88. The van der Waals surface area contributed by atoms with Crippen LogP contribution in [0.4, 0.5) is 0 Å². The first-order chi connectivity index (χ1) is 14.9. The van der Waals surface area contributed by atoms with Gasteiger partial charge in [0.2, 0.25) is 0 Å². The van der Waals surface area contributed by atoms with Gasteiger partial charge >= 0.3 is 5.97 Å². The second-order valence-corrected chi connectivity index (χ2v) is 10.4. The number of hydrogen-bond acceptors (Lipinski definition) is 1. The van der Waals surface area contributed by atoms with E-state index in [4.69, 9.17) is 0 Å². The number of carbonyl (C=O) groups is 1. The molecule has 0 aromatic heterocycles. The van der Waals surface area contributed by atoms with Crippen molar-refractivity contribution in [3.05, 3.63) is 35.9 Å². The lowest BCUT2D eigenvalue weighted by molar-refractivity contribution is -0.891. The Morgan fingerprint density at radius 2 is 1.23 bits per heavy atom. The molecule has 1 N–H and O–H groups in total. The van der Waals surface area contributed by atoms with Crippen molar-refractivity contribution in [2.45, 2.75) is 109 Å². The fraction of sp³-hybridized carbons (Fsp3) is 0.750. The van der Waals surface area contributed by atoms with Crippen LogP contribution in [0.15, 0.2) is 30.3 Å². The second-order valence-electron chi connectivity index (χ2n) is 10.4. The van der Waals surface area contributed by atoms with Gasteiger partial charge in [0.15, 0.2) is 6.04 Å². The maximum Gasteiger partial charge on any atom is 0.362 e. The zero-order valence-corrected chi connectivity index (χ0v) is 21.0. The van der Waals surface area contributed by atoms with Gasteiger partial charge in [-0.1, -0.05) is 121 Å². The van der Waals surface area contributed by atoms with E-state index in [1.807, 2.05) is 27.2 Å². The number of unbranched alkanes of at least 4 members (excludes halogenated alkanes) is 12. The Labute approximate surface area is 192 Å². The highest BCUT2D eigenvalue weighted by atomic mass is 16.4. The standard InChI is InChI=1S/C28H49NO2/c1-5-6-7-8-9-10-11-12-13-14-15-16-20-23-26(24-25-21-18-17-19-22-25)27(28(30)31)29(2,3)4/h17-19,21-22,26-27H,5-16,20,23-24H2,1-4H3/p+1. The van der Waals surface area contributed by atoms with Crippen molar-refractivity contribution in [2.24, 2.45) is 5.92 Å². The number of carboxylic acids is 1. The van der Waals surface area contributed by atoms with Crippen LogP contribution >= 0.6 is 0 Å². The minimum Gasteiger partial charge on any atom is -0.477 e. The minimum absolute atomic E-state index is 0.174. The van der Waals surface area contributed by atoms with Crippen molar-refractivity contribution in [2.75, 3.05) is 21.1 Å². The largest absolute Gasteiger partial charge is 0.477 e. The smallest absolute Gasteiger partial charge is 0.362 e. The Kier molecular flexibility index (Phi) is 14.6. The molecule has 178 valence electrons.